The topological polar surface area (TPSA) is 33.4 Å². The van der Waals surface area contributed by atoms with Gasteiger partial charge in [0.25, 0.3) is 0 Å². The first-order chi connectivity index (χ1) is 8.36. The lowest BCUT2D eigenvalue weighted by molar-refractivity contribution is 0.216. The van der Waals surface area contributed by atoms with Gasteiger partial charge in [0.15, 0.2) is 0 Å². The molecule has 2 heteroatoms. The molecule has 17 heavy (non-hydrogen) atoms. The van der Waals surface area contributed by atoms with Gasteiger partial charge in [0, 0.05) is 5.56 Å². The third-order valence-corrected chi connectivity index (χ3v) is 3.69. The van der Waals surface area contributed by atoms with Crippen LogP contribution in [-0.4, -0.2) is 5.11 Å². The van der Waals surface area contributed by atoms with E-state index in [1.54, 1.807) is 12.5 Å². The quantitative estimate of drug-likeness (QED) is 0.870. The summed E-state index contributed by atoms with van der Waals surface area (Å²) in [7, 11) is 0. The van der Waals surface area contributed by atoms with Crippen molar-refractivity contribution in [3.05, 3.63) is 59.5 Å². The maximum absolute atomic E-state index is 10.4. The first-order valence-electron chi connectivity index (χ1n) is 6.15. The molecule has 0 spiro atoms. The molecule has 1 fully saturated rings. The second-order valence-corrected chi connectivity index (χ2v) is 4.72. The number of hydrogen-bond donors (Lipinski definition) is 1. The van der Waals surface area contributed by atoms with Gasteiger partial charge in [-0.15, -0.1) is 0 Å². The van der Waals surface area contributed by atoms with Crippen molar-refractivity contribution in [3.8, 4) is 0 Å². The fourth-order valence-corrected chi connectivity index (χ4v) is 2.46. The van der Waals surface area contributed by atoms with E-state index < -0.39 is 6.10 Å². The molecule has 0 aliphatic heterocycles. The van der Waals surface area contributed by atoms with Crippen LogP contribution in [0.2, 0.25) is 0 Å². The van der Waals surface area contributed by atoms with Gasteiger partial charge in [-0.3, -0.25) is 0 Å². The molecular formula is C15H16O2. The van der Waals surface area contributed by atoms with E-state index in [-0.39, 0.29) is 0 Å². The van der Waals surface area contributed by atoms with Gasteiger partial charge in [0.2, 0.25) is 0 Å². The van der Waals surface area contributed by atoms with Crippen molar-refractivity contribution < 1.29 is 9.52 Å². The van der Waals surface area contributed by atoms with Crippen LogP contribution in [0.3, 0.4) is 0 Å². The van der Waals surface area contributed by atoms with E-state index in [4.69, 9.17) is 4.42 Å². The fourth-order valence-electron chi connectivity index (χ4n) is 2.46. The van der Waals surface area contributed by atoms with Crippen LogP contribution in [0, 0.1) is 0 Å². The predicted molar refractivity (Wildman–Crippen MR) is 65.8 cm³/mol. The number of aliphatic hydroxyl groups is 1. The molecule has 1 atom stereocenters. The molecule has 0 radical (unpaired) electrons. The summed E-state index contributed by atoms with van der Waals surface area (Å²) in [5.41, 5.74) is 3.16. The molecule has 1 N–H and O–H groups in total. The molecule has 1 heterocycles. The van der Waals surface area contributed by atoms with E-state index in [1.165, 1.54) is 24.8 Å². The Labute approximate surface area is 101 Å². The molecule has 0 amide bonds. The maximum atomic E-state index is 10.4. The first kappa shape index (κ1) is 10.6. The highest BCUT2D eigenvalue weighted by molar-refractivity contribution is 5.37. The number of benzene rings is 1. The third-order valence-electron chi connectivity index (χ3n) is 3.69. The van der Waals surface area contributed by atoms with Gasteiger partial charge in [-0.05, 0) is 36.0 Å². The van der Waals surface area contributed by atoms with Crippen molar-refractivity contribution in [1.82, 2.24) is 0 Å². The minimum Gasteiger partial charge on any atom is -0.472 e. The van der Waals surface area contributed by atoms with Gasteiger partial charge < -0.3 is 9.52 Å². The zero-order valence-electron chi connectivity index (χ0n) is 9.67. The van der Waals surface area contributed by atoms with Gasteiger partial charge in [-0.2, -0.15) is 0 Å². The minimum absolute atomic E-state index is 0.564. The Hall–Kier alpha value is -1.54. The van der Waals surface area contributed by atoms with Crippen LogP contribution >= 0.6 is 0 Å². The van der Waals surface area contributed by atoms with Gasteiger partial charge >= 0.3 is 0 Å². The highest BCUT2D eigenvalue weighted by Crippen LogP contribution is 2.40. The van der Waals surface area contributed by atoms with Crippen molar-refractivity contribution in [2.75, 3.05) is 0 Å². The monoisotopic (exact) mass is 228 g/mol. The second-order valence-electron chi connectivity index (χ2n) is 4.72. The molecule has 2 nitrogen and oxygen atoms in total. The number of furan rings is 1. The molecule has 1 saturated carbocycles. The zero-order chi connectivity index (χ0) is 11.7. The maximum Gasteiger partial charge on any atom is 0.107 e. The summed E-state index contributed by atoms with van der Waals surface area (Å²) < 4.78 is 5.04. The molecule has 1 unspecified atom stereocenters. The summed E-state index contributed by atoms with van der Waals surface area (Å²) in [5.74, 6) is 0.632. The SMILES string of the molecule is OC(c1ccoc1)c1ccccc1C1CCC1. The van der Waals surface area contributed by atoms with E-state index in [9.17, 15) is 5.11 Å². The van der Waals surface area contributed by atoms with Gasteiger partial charge in [-0.25, -0.2) is 0 Å². The zero-order valence-corrected chi connectivity index (χ0v) is 9.67. The molecule has 1 aliphatic rings. The Morgan fingerprint density at radius 1 is 1.18 bits per heavy atom. The van der Waals surface area contributed by atoms with Crippen LogP contribution < -0.4 is 0 Å². The molecule has 2 aromatic rings. The van der Waals surface area contributed by atoms with Crippen LogP contribution in [0.15, 0.2) is 47.3 Å². The van der Waals surface area contributed by atoms with E-state index in [0.29, 0.717) is 5.92 Å². The minimum atomic E-state index is -0.564. The van der Waals surface area contributed by atoms with E-state index >= 15 is 0 Å². The summed E-state index contributed by atoms with van der Waals surface area (Å²) in [5, 5.41) is 10.4. The van der Waals surface area contributed by atoms with Gasteiger partial charge in [-0.1, -0.05) is 30.7 Å². The molecular weight excluding hydrogens is 212 g/mol. The molecule has 1 aromatic heterocycles. The van der Waals surface area contributed by atoms with Crippen molar-refractivity contribution >= 4 is 0 Å². The highest BCUT2D eigenvalue weighted by Gasteiger charge is 2.24. The van der Waals surface area contributed by atoms with E-state index in [0.717, 1.165) is 11.1 Å². The Morgan fingerprint density at radius 3 is 2.65 bits per heavy atom. The number of aliphatic hydroxyl groups excluding tert-OH is 1. The summed E-state index contributed by atoms with van der Waals surface area (Å²) in [6.07, 6.45) is 6.45. The van der Waals surface area contributed by atoms with Crippen molar-refractivity contribution in [2.45, 2.75) is 31.3 Å². The molecule has 1 aliphatic carbocycles. The van der Waals surface area contributed by atoms with E-state index in [1.807, 2.05) is 18.2 Å². The Balaban J connectivity index is 1.96. The standard InChI is InChI=1S/C15H16O2/c16-15(12-8-9-17-10-12)14-7-2-1-6-13(14)11-4-3-5-11/h1-2,6-11,15-16H,3-5H2. The third kappa shape index (κ3) is 1.89. The second kappa shape index (κ2) is 4.38. The smallest absolute Gasteiger partial charge is 0.107 e. The predicted octanol–water partition coefficient (Wildman–Crippen LogP) is 3.63. The Kier molecular flexibility index (Phi) is 2.73. The lowest BCUT2D eigenvalue weighted by Gasteiger charge is -2.29. The number of rotatable bonds is 3. The number of hydrogen-bond acceptors (Lipinski definition) is 2. The summed E-state index contributed by atoms with van der Waals surface area (Å²) in [4.78, 5) is 0. The van der Waals surface area contributed by atoms with Gasteiger partial charge in [0.05, 0.1) is 12.5 Å². The van der Waals surface area contributed by atoms with Crippen LogP contribution in [0.4, 0.5) is 0 Å². The van der Waals surface area contributed by atoms with Crippen molar-refractivity contribution in [2.24, 2.45) is 0 Å². The van der Waals surface area contributed by atoms with Crippen LogP contribution in [0.25, 0.3) is 0 Å². The molecule has 0 saturated heterocycles. The Morgan fingerprint density at radius 2 is 2.00 bits per heavy atom. The summed E-state index contributed by atoms with van der Waals surface area (Å²) in [6, 6.07) is 10.0. The highest BCUT2D eigenvalue weighted by atomic mass is 16.3. The molecule has 0 bridgehead atoms. The largest absolute Gasteiger partial charge is 0.472 e. The lowest BCUT2D eigenvalue weighted by Crippen LogP contribution is -2.13. The van der Waals surface area contributed by atoms with Crippen molar-refractivity contribution in [3.63, 3.8) is 0 Å². The Bertz CT molecular complexity index is 483. The molecule has 1 aromatic carbocycles. The van der Waals surface area contributed by atoms with Crippen LogP contribution in [-0.2, 0) is 0 Å². The molecule has 3 rings (SSSR count). The van der Waals surface area contributed by atoms with Crippen LogP contribution in [0.5, 0.6) is 0 Å². The average Bonchev–Trinajstić information content (AvgIpc) is 2.80. The van der Waals surface area contributed by atoms with Crippen LogP contribution in [0.1, 0.15) is 48.0 Å². The summed E-state index contributed by atoms with van der Waals surface area (Å²) >= 11 is 0. The lowest BCUT2D eigenvalue weighted by atomic mass is 9.77. The van der Waals surface area contributed by atoms with Gasteiger partial charge in [0.1, 0.15) is 6.10 Å². The van der Waals surface area contributed by atoms with Crippen molar-refractivity contribution in [1.29, 1.82) is 0 Å². The first-order valence-corrected chi connectivity index (χ1v) is 6.15. The summed E-state index contributed by atoms with van der Waals surface area (Å²) in [6.45, 7) is 0. The average molecular weight is 228 g/mol. The fraction of sp³-hybridized carbons (Fsp3) is 0.333. The van der Waals surface area contributed by atoms with E-state index in [2.05, 4.69) is 12.1 Å². The normalized spacial score (nSPS) is 17.7. The molecule has 88 valence electrons.